The zero-order valence-electron chi connectivity index (χ0n) is 8.47. The van der Waals surface area contributed by atoms with E-state index in [1.807, 2.05) is 0 Å². The zero-order chi connectivity index (χ0) is 8.81. The summed E-state index contributed by atoms with van der Waals surface area (Å²) in [6, 6.07) is 0.794. The highest BCUT2D eigenvalue weighted by Gasteiger charge is 2.16. The standard InChI is InChI=1S/C10H22N2/c1-3-12(4-2)10-7-5-6-8-11-9-10/h10-11H,3-9H2,1-2H3. The minimum absolute atomic E-state index is 0.794. The third-order valence-corrected chi connectivity index (χ3v) is 2.85. The Morgan fingerprint density at radius 3 is 2.67 bits per heavy atom. The quantitative estimate of drug-likeness (QED) is 0.690. The van der Waals surface area contributed by atoms with Crippen molar-refractivity contribution < 1.29 is 0 Å². The van der Waals surface area contributed by atoms with Gasteiger partial charge in [0.15, 0.2) is 0 Å². The van der Waals surface area contributed by atoms with Gasteiger partial charge in [0, 0.05) is 12.6 Å². The van der Waals surface area contributed by atoms with E-state index < -0.39 is 0 Å². The molecule has 1 saturated heterocycles. The molecule has 0 radical (unpaired) electrons. The predicted molar refractivity (Wildman–Crippen MR) is 53.4 cm³/mol. The van der Waals surface area contributed by atoms with Crippen molar-refractivity contribution >= 4 is 0 Å². The van der Waals surface area contributed by atoms with Gasteiger partial charge in [0.2, 0.25) is 0 Å². The first-order chi connectivity index (χ1) is 5.88. The fourth-order valence-corrected chi connectivity index (χ4v) is 2.05. The molecule has 1 unspecified atom stereocenters. The smallest absolute Gasteiger partial charge is 0.0220 e. The Kier molecular flexibility index (Phi) is 4.62. The predicted octanol–water partition coefficient (Wildman–Crippen LogP) is 1.47. The summed E-state index contributed by atoms with van der Waals surface area (Å²) in [6.45, 7) is 9.33. The monoisotopic (exact) mass is 170 g/mol. The summed E-state index contributed by atoms with van der Waals surface area (Å²) >= 11 is 0. The second kappa shape index (κ2) is 5.55. The molecule has 0 saturated carbocycles. The number of hydrogen-bond acceptors (Lipinski definition) is 2. The van der Waals surface area contributed by atoms with Crippen LogP contribution < -0.4 is 5.32 Å². The lowest BCUT2D eigenvalue weighted by Crippen LogP contribution is -2.40. The second-order valence-electron chi connectivity index (χ2n) is 3.57. The molecule has 0 bridgehead atoms. The summed E-state index contributed by atoms with van der Waals surface area (Å²) in [7, 11) is 0. The van der Waals surface area contributed by atoms with Crippen molar-refractivity contribution in [2.45, 2.75) is 39.2 Å². The molecule has 12 heavy (non-hydrogen) atoms. The molecular formula is C10H22N2. The largest absolute Gasteiger partial charge is 0.315 e. The van der Waals surface area contributed by atoms with Crippen LogP contribution in [0.2, 0.25) is 0 Å². The average molecular weight is 170 g/mol. The molecule has 0 aromatic heterocycles. The molecule has 0 spiro atoms. The van der Waals surface area contributed by atoms with Gasteiger partial charge < -0.3 is 5.32 Å². The first kappa shape index (κ1) is 10.0. The molecule has 1 aliphatic rings. The Hall–Kier alpha value is -0.0800. The number of hydrogen-bond donors (Lipinski definition) is 1. The highest BCUT2D eigenvalue weighted by atomic mass is 15.2. The van der Waals surface area contributed by atoms with Crippen LogP contribution >= 0.6 is 0 Å². The molecule has 2 heteroatoms. The third-order valence-electron chi connectivity index (χ3n) is 2.85. The van der Waals surface area contributed by atoms with Gasteiger partial charge in [-0.1, -0.05) is 20.3 Å². The van der Waals surface area contributed by atoms with E-state index >= 15 is 0 Å². The van der Waals surface area contributed by atoms with Crippen LogP contribution in [0.1, 0.15) is 33.1 Å². The van der Waals surface area contributed by atoms with E-state index in [0.717, 1.165) is 6.04 Å². The molecule has 1 heterocycles. The van der Waals surface area contributed by atoms with Crippen molar-refractivity contribution in [3.05, 3.63) is 0 Å². The van der Waals surface area contributed by atoms with Crippen LogP contribution in [0.5, 0.6) is 0 Å². The number of nitrogens with one attached hydrogen (secondary N) is 1. The van der Waals surface area contributed by atoms with Gasteiger partial charge in [0.1, 0.15) is 0 Å². The number of nitrogens with zero attached hydrogens (tertiary/aromatic N) is 1. The van der Waals surface area contributed by atoms with Gasteiger partial charge in [-0.15, -0.1) is 0 Å². The molecule has 1 rings (SSSR count). The van der Waals surface area contributed by atoms with Crippen molar-refractivity contribution in [1.82, 2.24) is 10.2 Å². The molecule has 0 amide bonds. The first-order valence-corrected chi connectivity index (χ1v) is 5.33. The average Bonchev–Trinajstić information content (AvgIpc) is 2.35. The number of likely N-dealkylation sites (N-methyl/N-ethyl adjacent to an activating group) is 1. The molecule has 0 aromatic carbocycles. The highest BCUT2D eigenvalue weighted by Crippen LogP contribution is 2.10. The van der Waals surface area contributed by atoms with E-state index in [1.165, 1.54) is 45.4 Å². The van der Waals surface area contributed by atoms with Gasteiger partial charge in [-0.25, -0.2) is 0 Å². The molecule has 1 fully saturated rings. The first-order valence-electron chi connectivity index (χ1n) is 5.33. The fourth-order valence-electron chi connectivity index (χ4n) is 2.05. The maximum atomic E-state index is 3.50. The van der Waals surface area contributed by atoms with E-state index in [4.69, 9.17) is 0 Å². The summed E-state index contributed by atoms with van der Waals surface area (Å²) in [5.74, 6) is 0. The Balaban J connectivity index is 2.35. The Morgan fingerprint density at radius 1 is 1.25 bits per heavy atom. The SMILES string of the molecule is CCN(CC)C1CCCCNC1. The zero-order valence-corrected chi connectivity index (χ0v) is 8.47. The van der Waals surface area contributed by atoms with E-state index in [0.29, 0.717) is 0 Å². The van der Waals surface area contributed by atoms with E-state index in [1.54, 1.807) is 0 Å². The summed E-state index contributed by atoms with van der Waals surface area (Å²) < 4.78 is 0. The van der Waals surface area contributed by atoms with Gasteiger partial charge in [-0.2, -0.15) is 0 Å². The van der Waals surface area contributed by atoms with Crippen LogP contribution in [0.25, 0.3) is 0 Å². The van der Waals surface area contributed by atoms with Gasteiger partial charge in [0.05, 0.1) is 0 Å². The lowest BCUT2D eigenvalue weighted by atomic mass is 10.1. The molecule has 0 aliphatic carbocycles. The van der Waals surface area contributed by atoms with Crippen molar-refractivity contribution in [3.63, 3.8) is 0 Å². The highest BCUT2D eigenvalue weighted by molar-refractivity contribution is 4.75. The van der Waals surface area contributed by atoms with Crippen LogP contribution in [0.15, 0.2) is 0 Å². The minimum Gasteiger partial charge on any atom is -0.315 e. The molecule has 1 aliphatic heterocycles. The van der Waals surface area contributed by atoms with Gasteiger partial charge in [0.25, 0.3) is 0 Å². The Bertz CT molecular complexity index is 102. The lowest BCUT2D eigenvalue weighted by Gasteiger charge is -2.28. The molecule has 72 valence electrons. The van der Waals surface area contributed by atoms with E-state index in [9.17, 15) is 0 Å². The van der Waals surface area contributed by atoms with Crippen molar-refractivity contribution in [2.75, 3.05) is 26.2 Å². The van der Waals surface area contributed by atoms with Crippen LogP contribution in [0.4, 0.5) is 0 Å². The Labute approximate surface area is 76.3 Å². The fraction of sp³-hybridized carbons (Fsp3) is 1.00. The van der Waals surface area contributed by atoms with E-state index in [-0.39, 0.29) is 0 Å². The maximum absolute atomic E-state index is 3.50. The van der Waals surface area contributed by atoms with Crippen molar-refractivity contribution in [2.24, 2.45) is 0 Å². The minimum atomic E-state index is 0.794. The van der Waals surface area contributed by atoms with Crippen molar-refractivity contribution in [1.29, 1.82) is 0 Å². The van der Waals surface area contributed by atoms with Gasteiger partial charge in [-0.05, 0) is 32.5 Å². The van der Waals surface area contributed by atoms with Crippen LogP contribution in [-0.4, -0.2) is 37.1 Å². The van der Waals surface area contributed by atoms with Crippen LogP contribution in [0, 0.1) is 0 Å². The van der Waals surface area contributed by atoms with E-state index in [2.05, 4.69) is 24.1 Å². The molecule has 1 N–H and O–H groups in total. The normalized spacial score (nSPS) is 25.8. The molecule has 1 atom stereocenters. The van der Waals surface area contributed by atoms with Crippen LogP contribution in [-0.2, 0) is 0 Å². The maximum Gasteiger partial charge on any atom is 0.0220 e. The summed E-state index contributed by atoms with van der Waals surface area (Å²) in [4.78, 5) is 2.57. The molecule has 0 aromatic rings. The summed E-state index contributed by atoms with van der Waals surface area (Å²) in [5.41, 5.74) is 0. The lowest BCUT2D eigenvalue weighted by molar-refractivity contribution is 0.207. The van der Waals surface area contributed by atoms with Gasteiger partial charge in [-0.3, -0.25) is 4.90 Å². The van der Waals surface area contributed by atoms with Crippen LogP contribution in [0.3, 0.4) is 0 Å². The molecule has 2 nitrogen and oxygen atoms in total. The second-order valence-corrected chi connectivity index (χ2v) is 3.57. The Morgan fingerprint density at radius 2 is 2.00 bits per heavy atom. The molecular weight excluding hydrogens is 148 g/mol. The summed E-state index contributed by atoms with van der Waals surface area (Å²) in [5, 5.41) is 3.50. The van der Waals surface area contributed by atoms with Gasteiger partial charge >= 0.3 is 0 Å². The summed E-state index contributed by atoms with van der Waals surface area (Å²) in [6.07, 6.45) is 4.14. The number of rotatable bonds is 3. The van der Waals surface area contributed by atoms with Crippen molar-refractivity contribution in [3.8, 4) is 0 Å². The third kappa shape index (κ3) is 2.76. The topological polar surface area (TPSA) is 15.3 Å².